The van der Waals surface area contributed by atoms with Crippen molar-refractivity contribution in [2.75, 3.05) is 28.2 Å². The third-order valence-corrected chi connectivity index (χ3v) is 1.79. The van der Waals surface area contributed by atoms with Crippen LogP contribution in [-0.4, -0.2) is 55.2 Å². The van der Waals surface area contributed by atoms with Crippen LogP contribution in [-0.2, 0) is 0 Å². The number of nitrogens with one attached hydrogen (secondary N) is 2. The largest absolute Gasteiger partial charge is 0.361 e. The number of rotatable bonds is 2. The predicted molar refractivity (Wildman–Crippen MR) is 60.6 cm³/mol. The van der Waals surface area contributed by atoms with Crippen molar-refractivity contribution < 1.29 is 4.79 Å². The van der Waals surface area contributed by atoms with Crippen LogP contribution < -0.4 is 16.5 Å². The van der Waals surface area contributed by atoms with Crippen LogP contribution in [0, 0.1) is 0 Å². The summed E-state index contributed by atoms with van der Waals surface area (Å²) in [6, 6.07) is -0.627. The van der Waals surface area contributed by atoms with E-state index in [4.69, 9.17) is 5.73 Å². The van der Waals surface area contributed by atoms with E-state index in [-0.39, 0.29) is 0 Å². The fourth-order valence-corrected chi connectivity index (χ4v) is 1.02. The van der Waals surface area contributed by atoms with Crippen molar-refractivity contribution in [1.82, 2.24) is 25.9 Å². The number of carbonyl (C=O) groups excluding carboxylic acids is 1. The third-order valence-electron chi connectivity index (χ3n) is 1.79. The second kappa shape index (κ2) is 4.71. The summed E-state index contributed by atoms with van der Waals surface area (Å²) in [6.45, 7) is 0. The SMILES string of the molecule is CN(C)C1=NN(N(C)C)NC(NC(N)=O)=C1. The maximum Gasteiger partial charge on any atom is 0.317 e. The van der Waals surface area contributed by atoms with Gasteiger partial charge >= 0.3 is 6.03 Å². The fourth-order valence-electron chi connectivity index (χ4n) is 1.02. The second-order valence-electron chi connectivity index (χ2n) is 3.65. The van der Waals surface area contributed by atoms with Gasteiger partial charge in [0.05, 0.1) is 0 Å². The Bertz CT molecular complexity index is 333. The number of hydrazine groups is 2. The number of hydrazone groups is 1. The maximum absolute atomic E-state index is 10.8. The van der Waals surface area contributed by atoms with Crippen molar-refractivity contribution in [3.05, 3.63) is 11.9 Å². The molecule has 0 bridgehead atoms. The Balaban J connectivity index is 2.87. The van der Waals surface area contributed by atoms with Crippen molar-refractivity contribution in [3.8, 4) is 0 Å². The Labute approximate surface area is 94.3 Å². The molecule has 2 amide bonds. The van der Waals surface area contributed by atoms with Crippen LogP contribution in [0.3, 0.4) is 0 Å². The van der Waals surface area contributed by atoms with Gasteiger partial charge in [-0.3, -0.25) is 10.7 Å². The molecule has 1 aliphatic heterocycles. The normalized spacial score (nSPS) is 15.2. The molecule has 0 saturated heterocycles. The number of amides is 2. The van der Waals surface area contributed by atoms with E-state index < -0.39 is 6.03 Å². The van der Waals surface area contributed by atoms with E-state index in [2.05, 4.69) is 15.8 Å². The summed E-state index contributed by atoms with van der Waals surface area (Å²) < 4.78 is 0. The minimum atomic E-state index is -0.627. The van der Waals surface area contributed by atoms with Gasteiger partial charge in [0.2, 0.25) is 0 Å². The monoisotopic (exact) mass is 227 g/mol. The molecule has 90 valence electrons. The zero-order chi connectivity index (χ0) is 12.3. The lowest BCUT2D eigenvalue weighted by Crippen LogP contribution is -2.51. The van der Waals surface area contributed by atoms with Crippen molar-refractivity contribution in [1.29, 1.82) is 0 Å². The summed E-state index contributed by atoms with van der Waals surface area (Å²) in [6.07, 6.45) is 1.69. The first-order valence-corrected chi connectivity index (χ1v) is 4.68. The van der Waals surface area contributed by atoms with Crippen molar-refractivity contribution in [2.45, 2.75) is 0 Å². The highest BCUT2D eigenvalue weighted by molar-refractivity contribution is 5.93. The molecule has 8 nitrogen and oxygen atoms in total. The van der Waals surface area contributed by atoms with Crippen LogP contribution >= 0.6 is 0 Å². The minimum Gasteiger partial charge on any atom is -0.361 e. The molecule has 0 spiro atoms. The van der Waals surface area contributed by atoms with Crippen molar-refractivity contribution >= 4 is 11.9 Å². The third kappa shape index (κ3) is 3.02. The number of hydrogen-bond acceptors (Lipinski definition) is 6. The lowest BCUT2D eigenvalue weighted by Gasteiger charge is -2.32. The van der Waals surface area contributed by atoms with Gasteiger partial charge in [0.15, 0.2) is 5.84 Å². The highest BCUT2D eigenvalue weighted by atomic mass is 16.2. The van der Waals surface area contributed by atoms with Crippen LogP contribution in [0.15, 0.2) is 17.0 Å². The second-order valence-corrected chi connectivity index (χ2v) is 3.65. The van der Waals surface area contributed by atoms with Gasteiger partial charge in [-0.2, -0.15) is 5.01 Å². The average molecular weight is 227 g/mol. The summed E-state index contributed by atoms with van der Waals surface area (Å²) in [5.41, 5.74) is 7.91. The molecule has 0 unspecified atom stereocenters. The molecular formula is C8H17N7O. The van der Waals surface area contributed by atoms with Gasteiger partial charge in [0.1, 0.15) is 5.82 Å². The number of likely N-dealkylation sites (N-methyl/N-ethyl adjacent to an activating group) is 1. The smallest absolute Gasteiger partial charge is 0.317 e. The number of hydrogen-bond donors (Lipinski definition) is 3. The first kappa shape index (κ1) is 12.1. The van der Waals surface area contributed by atoms with Crippen LogP contribution in [0.2, 0.25) is 0 Å². The standard InChI is InChI=1S/C8H17N7O/c1-13(2)7-5-6(10-8(9)16)11-15(12-7)14(3)4/h5,11H,1-4H3,(H3,9,10,16). The molecule has 1 rings (SSSR count). The summed E-state index contributed by atoms with van der Waals surface area (Å²) in [4.78, 5) is 12.6. The quantitative estimate of drug-likeness (QED) is 0.544. The summed E-state index contributed by atoms with van der Waals surface area (Å²) in [5, 5.41) is 9.93. The highest BCUT2D eigenvalue weighted by Crippen LogP contribution is 2.03. The van der Waals surface area contributed by atoms with Gasteiger partial charge in [0.25, 0.3) is 0 Å². The summed E-state index contributed by atoms with van der Waals surface area (Å²) >= 11 is 0. The van der Waals surface area contributed by atoms with E-state index in [0.717, 1.165) is 0 Å². The minimum absolute atomic E-state index is 0.472. The number of amidine groups is 1. The van der Waals surface area contributed by atoms with Crippen molar-refractivity contribution in [2.24, 2.45) is 10.8 Å². The topological polar surface area (TPSA) is 89.2 Å². The van der Waals surface area contributed by atoms with E-state index in [0.29, 0.717) is 11.7 Å². The fraction of sp³-hybridized carbons (Fsp3) is 0.500. The molecule has 0 saturated carbocycles. The van der Waals surface area contributed by atoms with Crippen molar-refractivity contribution in [3.63, 3.8) is 0 Å². The average Bonchev–Trinajstić information content (AvgIpc) is 2.15. The Morgan fingerprint density at radius 1 is 1.50 bits per heavy atom. The predicted octanol–water partition coefficient (Wildman–Crippen LogP) is -1.33. The Morgan fingerprint density at radius 2 is 2.12 bits per heavy atom. The molecule has 0 aromatic carbocycles. The molecule has 0 fully saturated rings. The van der Waals surface area contributed by atoms with Gasteiger partial charge in [-0.15, -0.1) is 10.3 Å². The van der Waals surface area contributed by atoms with E-state index in [1.54, 1.807) is 11.1 Å². The number of primary amides is 1. The molecule has 1 heterocycles. The Morgan fingerprint density at radius 3 is 2.56 bits per heavy atom. The molecular weight excluding hydrogens is 210 g/mol. The maximum atomic E-state index is 10.8. The molecule has 8 heteroatoms. The number of nitrogens with two attached hydrogens (primary N) is 1. The van der Waals surface area contributed by atoms with Crippen LogP contribution in [0.4, 0.5) is 4.79 Å². The molecule has 16 heavy (non-hydrogen) atoms. The molecule has 1 aliphatic rings. The molecule has 4 N–H and O–H groups in total. The first-order chi connectivity index (χ1) is 7.40. The molecule has 0 radical (unpaired) electrons. The van der Waals surface area contributed by atoms with Crippen LogP contribution in [0.5, 0.6) is 0 Å². The lowest BCUT2D eigenvalue weighted by atomic mass is 10.4. The Kier molecular flexibility index (Phi) is 3.56. The summed E-state index contributed by atoms with van der Waals surface area (Å²) in [7, 11) is 7.35. The van der Waals surface area contributed by atoms with Crippen LogP contribution in [0.25, 0.3) is 0 Å². The highest BCUT2D eigenvalue weighted by Gasteiger charge is 2.16. The number of nitrogens with zero attached hydrogens (tertiary/aromatic N) is 4. The van der Waals surface area contributed by atoms with Gasteiger partial charge in [-0.05, 0) is 0 Å². The zero-order valence-electron chi connectivity index (χ0n) is 9.85. The van der Waals surface area contributed by atoms with Gasteiger partial charge in [0, 0.05) is 34.3 Å². The van der Waals surface area contributed by atoms with E-state index in [1.165, 1.54) is 5.23 Å². The van der Waals surface area contributed by atoms with Gasteiger partial charge < -0.3 is 10.6 Å². The summed E-state index contributed by atoms with van der Waals surface area (Å²) in [5.74, 6) is 1.16. The van der Waals surface area contributed by atoms with E-state index in [9.17, 15) is 4.79 Å². The zero-order valence-corrected chi connectivity index (χ0v) is 9.85. The number of carbonyl (C=O) groups is 1. The number of urea groups is 1. The molecule has 0 aromatic heterocycles. The molecule has 0 atom stereocenters. The van der Waals surface area contributed by atoms with E-state index >= 15 is 0 Å². The van der Waals surface area contributed by atoms with Gasteiger partial charge in [-0.1, -0.05) is 0 Å². The first-order valence-electron chi connectivity index (χ1n) is 4.68. The van der Waals surface area contributed by atoms with E-state index in [1.807, 2.05) is 33.1 Å². The lowest BCUT2D eigenvalue weighted by molar-refractivity contribution is -0.0189. The molecule has 0 aliphatic carbocycles. The van der Waals surface area contributed by atoms with Crippen LogP contribution in [0.1, 0.15) is 0 Å². The molecule has 0 aromatic rings. The van der Waals surface area contributed by atoms with Gasteiger partial charge in [-0.25, -0.2) is 4.79 Å². The Hall–Kier alpha value is -1.96.